The Morgan fingerprint density at radius 3 is 1.31 bits per heavy atom. The molecule has 12 amide bonds. The maximum Gasteiger partial charge on any atom is 0.326 e. The van der Waals surface area contributed by atoms with Crippen LogP contribution in [0.3, 0.4) is 0 Å². The summed E-state index contributed by atoms with van der Waals surface area (Å²) < 4.78 is 0. The van der Waals surface area contributed by atoms with E-state index < -0.39 is 170 Å². The molecule has 0 spiro atoms. The molecule has 0 fully saturated rings. The van der Waals surface area contributed by atoms with Crippen LogP contribution in [0.4, 0.5) is 0 Å². The van der Waals surface area contributed by atoms with E-state index in [9.17, 15) is 67.4 Å². The third-order valence-electron chi connectivity index (χ3n) is 11.0. The van der Waals surface area contributed by atoms with Crippen molar-refractivity contribution in [1.82, 2.24) is 52.5 Å². The molecule has 9 atom stereocenters. The van der Waals surface area contributed by atoms with Crippen molar-refractivity contribution >= 4 is 82.8 Å². The molecular weight excluding hydrogens is 1020 g/mol. The van der Waals surface area contributed by atoms with Crippen LogP contribution in [0.1, 0.15) is 105 Å². The normalized spacial score (nSPS) is 14.5. The van der Waals surface area contributed by atoms with Gasteiger partial charge in [0.15, 0.2) is 5.96 Å². The summed E-state index contributed by atoms with van der Waals surface area (Å²) in [6, 6.07) is -13.8. The lowest BCUT2D eigenvalue weighted by atomic mass is 10.00. The van der Waals surface area contributed by atoms with Crippen LogP contribution in [-0.2, 0) is 68.7 Å². The van der Waals surface area contributed by atoms with Crippen molar-refractivity contribution in [1.29, 1.82) is 0 Å². The van der Waals surface area contributed by atoms with Gasteiger partial charge in [0.05, 0.1) is 25.2 Å². The van der Waals surface area contributed by atoms with E-state index in [-0.39, 0.29) is 56.4 Å². The highest BCUT2D eigenvalue weighted by Crippen LogP contribution is 2.12. The number of hydrogen-bond acceptors (Lipinski definition) is 16. The van der Waals surface area contributed by atoms with Gasteiger partial charge in [0, 0.05) is 37.7 Å². The average molecular weight is 1090 g/mol. The number of amides is 12. The van der Waals surface area contributed by atoms with Crippen molar-refractivity contribution < 1.29 is 67.4 Å². The molecule has 0 unspecified atom stereocenters. The third kappa shape index (κ3) is 27.1. The number of aromatic nitrogens is 2. The number of carbonyl (C=O) groups excluding carboxylic acids is 12. The van der Waals surface area contributed by atoms with Crippen molar-refractivity contribution in [2.75, 3.05) is 6.54 Å². The highest BCUT2D eigenvalue weighted by atomic mass is 16.4. The first-order valence-electron chi connectivity index (χ1n) is 24.5. The van der Waals surface area contributed by atoms with E-state index in [2.05, 4.69) is 57.5 Å². The molecule has 77 heavy (non-hydrogen) atoms. The number of primary amides is 4. The Bertz CT molecular complexity index is 2270. The molecule has 0 bridgehead atoms. The Kier molecular flexibility index (Phi) is 28.9. The molecule has 24 N–H and O–H groups in total. The van der Waals surface area contributed by atoms with E-state index in [1.165, 1.54) is 19.4 Å². The summed E-state index contributed by atoms with van der Waals surface area (Å²) in [5.74, 6) is -14.6. The van der Waals surface area contributed by atoms with Gasteiger partial charge in [-0.15, -0.1) is 0 Å². The Balaban J connectivity index is 3.44. The van der Waals surface area contributed by atoms with Gasteiger partial charge >= 0.3 is 5.97 Å². The molecule has 32 heteroatoms. The Morgan fingerprint density at radius 1 is 0.519 bits per heavy atom. The summed E-state index contributed by atoms with van der Waals surface area (Å²) >= 11 is 0. The predicted molar refractivity (Wildman–Crippen MR) is 272 cm³/mol. The molecule has 1 heterocycles. The number of hydrogen-bond donors (Lipinski definition) is 17. The molecule has 1 aromatic rings. The van der Waals surface area contributed by atoms with Crippen molar-refractivity contribution in [2.24, 2.45) is 57.0 Å². The summed E-state index contributed by atoms with van der Waals surface area (Å²) in [7, 11) is 0. The summed E-state index contributed by atoms with van der Waals surface area (Å²) in [5.41, 5.74) is 38.6. The lowest BCUT2D eigenvalue weighted by molar-refractivity contribution is -0.143. The highest BCUT2D eigenvalue weighted by molar-refractivity contribution is 6.00. The van der Waals surface area contributed by atoms with Gasteiger partial charge in [-0.25, -0.2) is 9.78 Å². The van der Waals surface area contributed by atoms with E-state index >= 15 is 0 Å². The van der Waals surface area contributed by atoms with E-state index in [1.54, 1.807) is 27.7 Å². The highest BCUT2D eigenvalue weighted by Gasteiger charge is 2.36. The molecule has 0 aliphatic heterocycles. The van der Waals surface area contributed by atoms with Crippen LogP contribution in [-0.4, -0.2) is 159 Å². The second-order valence-corrected chi connectivity index (χ2v) is 18.9. The standard InChI is InChI=1S/C45H76N18O14/c1-20(2)13-28(60-36(68)22(5)56-37(69)24(46)15-23-18-53-19-55-23)40(72)58-26(8-10-32(47)64)39(71)61-29(14-21(3)4)41(73)62-31(17-35(50)67)43(75)63-30(16-34(49)66)42(74)57-25(7-6-12-54-45(51)52)38(70)59-27(44(76)77)9-11-33(48)65/h18-22,24-31H,6-17,46H2,1-5H3,(H2,47,64)(H2,48,65)(H2,49,66)(H2,50,67)(H,53,55)(H,56,69)(H,57,74)(H,58,72)(H,59,70)(H,60,68)(H,61,71)(H,62,73)(H,63,75)(H,76,77)(H4,51,52,54)/t22-,24-,25-,26-,27-,28-,29-,30-,31-/m0/s1. The van der Waals surface area contributed by atoms with Gasteiger partial charge in [-0.3, -0.25) is 62.5 Å². The fourth-order valence-electron chi connectivity index (χ4n) is 7.14. The van der Waals surface area contributed by atoms with Gasteiger partial charge in [-0.2, -0.15) is 0 Å². The molecule has 430 valence electrons. The Morgan fingerprint density at radius 2 is 0.909 bits per heavy atom. The number of guanidine groups is 1. The molecule has 0 aromatic carbocycles. The van der Waals surface area contributed by atoms with Crippen LogP contribution >= 0.6 is 0 Å². The van der Waals surface area contributed by atoms with Gasteiger partial charge in [-0.05, 0) is 57.3 Å². The summed E-state index contributed by atoms with van der Waals surface area (Å²) in [5, 5.41) is 28.6. The SMILES string of the molecule is CC(C)C[C@H](NC(=O)[C@H](C)NC(=O)[C@@H](N)Cc1cnc[nH]1)C(=O)N[C@@H](CCC(N)=O)C(=O)N[C@@H](CC(C)C)C(=O)N[C@@H](CC(N)=O)C(=O)N[C@@H](CC(N)=O)C(=O)N[C@@H](CCCN=C(N)N)C(=O)N[C@@H](CCC(N)=O)C(=O)O. The molecule has 0 aliphatic rings. The topological polar surface area (TPSA) is 562 Å². The molecule has 0 aliphatic carbocycles. The summed E-state index contributed by atoms with van der Waals surface area (Å²) in [6.07, 6.45) is -1.00. The van der Waals surface area contributed by atoms with E-state index in [4.69, 9.17) is 40.1 Å². The quantitative estimate of drug-likeness (QED) is 0.0167. The number of nitrogens with one attached hydrogen (secondary N) is 9. The number of H-pyrrole nitrogens is 1. The zero-order chi connectivity index (χ0) is 58.7. The van der Waals surface area contributed by atoms with Crippen molar-refractivity contribution in [3.05, 3.63) is 18.2 Å². The van der Waals surface area contributed by atoms with Crippen LogP contribution in [0.5, 0.6) is 0 Å². The van der Waals surface area contributed by atoms with Crippen LogP contribution < -0.4 is 82.7 Å². The fourth-order valence-corrected chi connectivity index (χ4v) is 7.14. The predicted octanol–water partition coefficient (Wildman–Crippen LogP) is -7.31. The van der Waals surface area contributed by atoms with E-state index in [0.717, 1.165) is 0 Å². The van der Waals surface area contributed by atoms with Gasteiger partial charge in [-0.1, -0.05) is 27.7 Å². The largest absolute Gasteiger partial charge is 0.480 e. The maximum absolute atomic E-state index is 14.0. The Hall–Kier alpha value is -8.45. The lowest BCUT2D eigenvalue weighted by Gasteiger charge is -2.28. The lowest BCUT2D eigenvalue weighted by Crippen LogP contribution is -2.61. The third-order valence-corrected chi connectivity index (χ3v) is 11.0. The van der Waals surface area contributed by atoms with Gasteiger partial charge in [0.25, 0.3) is 0 Å². The zero-order valence-electron chi connectivity index (χ0n) is 43.7. The molecule has 1 rings (SSSR count). The molecule has 1 aromatic heterocycles. The first kappa shape index (κ1) is 66.6. The van der Waals surface area contributed by atoms with Gasteiger partial charge in [0.1, 0.15) is 48.3 Å². The number of carboxylic acid groups (broad SMARTS) is 1. The smallest absolute Gasteiger partial charge is 0.326 e. The second-order valence-electron chi connectivity index (χ2n) is 18.9. The number of imidazole rings is 1. The minimum absolute atomic E-state index is 0.00471. The molecular formula is C45H76N18O14. The van der Waals surface area contributed by atoms with Gasteiger partial charge < -0.3 is 92.8 Å². The molecule has 0 saturated carbocycles. The first-order chi connectivity index (χ1) is 35.9. The van der Waals surface area contributed by atoms with Crippen LogP contribution in [0.2, 0.25) is 0 Å². The fraction of sp³-hybridized carbons (Fsp3) is 0.622. The Labute approximate surface area is 443 Å². The van der Waals surface area contributed by atoms with E-state index in [0.29, 0.717) is 5.69 Å². The molecule has 0 saturated heterocycles. The number of carboxylic acids is 1. The van der Waals surface area contributed by atoms with Crippen LogP contribution in [0.25, 0.3) is 0 Å². The van der Waals surface area contributed by atoms with Crippen molar-refractivity contribution in [2.45, 2.75) is 160 Å². The van der Waals surface area contributed by atoms with Crippen LogP contribution in [0.15, 0.2) is 17.5 Å². The number of aliphatic imine (C=N–C) groups is 1. The van der Waals surface area contributed by atoms with Crippen molar-refractivity contribution in [3.63, 3.8) is 0 Å². The zero-order valence-corrected chi connectivity index (χ0v) is 43.7. The second kappa shape index (κ2) is 33.5. The molecule has 0 radical (unpaired) electrons. The van der Waals surface area contributed by atoms with E-state index in [1.807, 2.05) is 0 Å². The summed E-state index contributed by atoms with van der Waals surface area (Å²) in [6.45, 7) is 8.09. The minimum atomic E-state index is -1.92. The van der Waals surface area contributed by atoms with Gasteiger partial charge in [0.2, 0.25) is 70.9 Å². The molecule has 32 nitrogen and oxygen atoms in total. The average Bonchev–Trinajstić information content (AvgIpc) is 3.83. The minimum Gasteiger partial charge on any atom is -0.480 e. The maximum atomic E-state index is 14.0. The van der Waals surface area contributed by atoms with Crippen molar-refractivity contribution in [3.8, 4) is 0 Å². The number of aromatic amines is 1. The van der Waals surface area contributed by atoms with Crippen LogP contribution in [0, 0.1) is 11.8 Å². The number of rotatable bonds is 37. The number of aliphatic carboxylic acids is 1. The monoisotopic (exact) mass is 1090 g/mol. The number of carbonyl (C=O) groups is 13. The number of nitrogens with two attached hydrogens (primary N) is 7. The summed E-state index contributed by atoms with van der Waals surface area (Å²) in [4.78, 5) is 179. The number of nitrogens with zero attached hydrogens (tertiary/aromatic N) is 2. The first-order valence-corrected chi connectivity index (χ1v) is 24.5.